The van der Waals surface area contributed by atoms with Crippen molar-refractivity contribution in [1.29, 1.82) is 0 Å². The Hall–Kier alpha value is 0.194. The standard InChI is InChI=1S/C13H21O3P.C12H19O3PS.2CH4.Y/c1-4-15-17(14,16-5-2)11-10-13-8-6-12(3)7-9-13;1-4-14-16(13,15-5-2)10-17-12-8-6-11(3)7-9-12;;;/h6-9H,4-5,10-11H2,1-3H3;6-9H,4-5,10H2,1-3H3;2*1H4;. The summed E-state index contributed by atoms with van der Waals surface area (Å²) in [5, 5.41) is 0. The van der Waals surface area contributed by atoms with Gasteiger partial charge in [0.2, 0.25) is 0 Å². The molecule has 0 heterocycles. The van der Waals surface area contributed by atoms with Crippen LogP contribution in [-0.4, -0.2) is 38.1 Å². The van der Waals surface area contributed by atoms with E-state index in [0.717, 1.165) is 16.9 Å². The van der Waals surface area contributed by atoms with Crippen molar-refractivity contribution >= 4 is 27.0 Å². The Balaban J connectivity index is -0.000000578. The molecule has 0 fully saturated rings. The van der Waals surface area contributed by atoms with Crippen molar-refractivity contribution in [2.75, 3.05) is 38.1 Å². The molecule has 0 saturated heterocycles. The Morgan fingerprint density at radius 3 is 1.43 bits per heavy atom. The molecule has 0 saturated carbocycles. The van der Waals surface area contributed by atoms with E-state index in [-0.39, 0.29) is 47.6 Å². The molecule has 211 valence electrons. The number of rotatable bonds is 14. The van der Waals surface area contributed by atoms with Crippen molar-refractivity contribution in [1.82, 2.24) is 0 Å². The van der Waals surface area contributed by atoms with Crippen LogP contribution in [0, 0.1) is 13.8 Å². The van der Waals surface area contributed by atoms with Crippen LogP contribution in [0.2, 0.25) is 0 Å². The summed E-state index contributed by atoms with van der Waals surface area (Å²) in [7, 11) is -5.83. The van der Waals surface area contributed by atoms with E-state index in [1.165, 1.54) is 22.9 Å². The third-order valence-corrected chi connectivity index (χ3v) is 10.3. The summed E-state index contributed by atoms with van der Waals surface area (Å²) < 4.78 is 45.4. The summed E-state index contributed by atoms with van der Waals surface area (Å²) in [6.07, 6.45) is 1.16. The summed E-state index contributed by atoms with van der Waals surface area (Å²) in [6.45, 7) is 13.1. The van der Waals surface area contributed by atoms with Crippen LogP contribution in [-0.2, 0) is 66.4 Å². The number of hydrogen-bond acceptors (Lipinski definition) is 7. The minimum atomic E-state index is -2.93. The zero-order chi connectivity index (χ0) is 25.5. The van der Waals surface area contributed by atoms with E-state index in [1.54, 1.807) is 0 Å². The maximum Gasteiger partial charge on any atom is 0.340 e. The summed E-state index contributed by atoms with van der Waals surface area (Å²) in [5.41, 5.74) is 3.96. The SMILES string of the molecule is C.C.CCOP(=O)(CCc1ccc(C)cc1)OCC.CCOP(=O)(CSc1ccc(C)cc1)OCC.[Y]. The van der Waals surface area contributed by atoms with Gasteiger partial charge in [-0.15, -0.1) is 11.8 Å². The van der Waals surface area contributed by atoms with E-state index < -0.39 is 15.2 Å². The van der Waals surface area contributed by atoms with E-state index in [9.17, 15) is 9.13 Å². The van der Waals surface area contributed by atoms with Crippen molar-refractivity contribution in [3.05, 3.63) is 65.2 Å². The van der Waals surface area contributed by atoms with Crippen molar-refractivity contribution in [2.24, 2.45) is 0 Å². The second-order valence-corrected chi connectivity index (χ2v) is 13.2. The summed E-state index contributed by atoms with van der Waals surface area (Å²) in [6, 6.07) is 16.3. The third kappa shape index (κ3) is 18.2. The average Bonchev–Trinajstić information content (AvgIpc) is 2.80. The normalized spacial score (nSPS) is 10.8. The molecule has 0 atom stereocenters. The van der Waals surface area contributed by atoms with Crippen LogP contribution >= 0.6 is 27.0 Å². The Bertz CT molecular complexity index is 815. The number of thioether (sulfide) groups is 1. The van der Waals surface area contributed by atoms with Crippen LogP contribution in [0.5, 0.6) is 0 Å². The van der Waals surface area contributed by atoms with Crippen LogP contribution in [0.1, 0.15) is 59.2 Å². The molecular weight excluding hydrogens is 603 g/mol. The van der Waals surface area contributed by atoms with Gasteiger partial charge in [0.15, 0.2) is 0 Å². The van der Waals surface area contributed by atoms with E-state index >= 15 is 0 Å². The molecule has 0 aliphatic heterocycles. The average molecular weight is 652 g/mol. The second kappa shape index (κ2) is 23.0. The van der Waals surface area contributed by atoms with Crippen LogP contribution in [0.15, 0.2) is 53.4 Å². The topological polar surface area (TPSA) is 71.1 Å². The van der Waals surface area contributed by atoms with Gasteiger partial charge in [-0.25, -0.2) is 0 Å². The molecule has 0 unspecified atom stereocenters. The predicted octanol–water partition coefficient (Wildman–Crippen LogP) is 9.38. The Labute approximate surface area is 256 Å². The molecule has 0 N–H and O–H groups in total. The van der Waals surface area contributed by atoms with Gasteiger partial charge in [-0.2, -0.15) is 0 Å². The fourth-order valence-corrected chi connectivity index (χ4v) is 7.54. The van der Waals surface area contributed by atoms with Crippen LogP contribution in [0.25, 0.3) is 0 Å². The summed E-state index contributed by atoms with van der Waals surface area (Å²) in [5.74, 6) is 0. The number of benzene rings is 2. The smallest absolute Gasteiger partial charge is 0.309 e. The fourth-order valence-electron chi connectivity index (χ4n) is 2.87. The quantitative estimate of drug-likeness (QED) is 0.149. The van der Waals surface area contributed by atoms with E-state index in [4.69, 9.17) is 18.1 Å². The first-order valence-electron chi connectivity index (χ1n) is 11.7. The molecule has 2 rings (SSSR count). The molecule has 1 radical (unpaired) electrons. The fraction of sp³-hybridized carbons (Fsp3) is 0.556. The maximum atomic E-state index is 12.2. The third-order valence-electron chi connectivity index (χ3n) is 4.51. The van der Waals surface area contributed by atoms with Crippen LogP contribution in [0.3, 0.4) is 0 Å². The first-order valence-corrected chi connectivity index (χ1v) is 16.1. The van der Waals surface area contributed by atoms with Gasteiger partial charge in [0.25, 0.3) is 0 Å². The zero-order valence-corrected chi connectivity index (χ0v) is 27.3. The summed E-state index contributed by atoms with van der Waals surface area (Å²) in [4.78, 5) is 1.08. The van der Waals surface area contributed by atoms with Crippen molar-refractivity contribution in [2.45, 2.75) is 67.7 Å². The van der Waals surface area contributed by atoms with Gasteiger partial charge in [-0.1, -0.05) is 62.4 Å². The minimum absolute atomic E-state index is 0. The molecule has 2 aromatic carbocycles. The van der Waals surface area contributed by atoms with Gasteiger partial charge < -0.3 is 18.1 Å². The molecule has 37 heavy (non-hydrogen) atoms. The molecule has 0 bridgehead atoms. The molecule has 0 aromatic heterocycles. The number of hydrogen-bond donors (Lipinski definition) is 0. The minimum Gasteiger partial charge on any atom is -0.309 e. The van der Waals surface area contributed by atoms with Gasteiger partial charge in [0, 0.05) is 37.6 Å². The Morgan fingerprint density at radius 2 is 1.03 bits per heavy atom. The van der Waals surface area contributed by atoms with Crippen LogP contribution in [0.4, 0.5) is 0 Å². The molecule has 0 aliphatic carbocycles. The van der Waals surface area contributed by atoms with Crippen molar-refractivity contribution in [3.8, 4) is 0 Å². The van der Waals surface area contributed by atoms with Gasteiger partial charge in [0.1, 0.15) is 5.49 Å². The first kappa shape index (κ1) is 41.7. The molecule has 0 aliphatic rings. The molecule has 6 nitrogen and oxygen atoms in total. The van der Waals surface area contributed by atoms with E-state index in [2.05, 4.69) is 31.2 Å². The molecule has 0 amide bonds. The first-order chi connectivity index (χ1) is 16.2. The van der Waals surface area contributed by atoms with Gasteiger partial charge >= 0.3 is 15.2 Å². The molecule has 2 aromatic rings. The van der Waals surface area contributed by atoms with E-state index in [0.29, 0.717) is 38.1 Å². The molecular formula is C27H48O6P2SY. The zero-order valence-electron chi connectivity index (χ0n) is 21.9. The molecule has 10 heteroatoms. The van der Waals surface area contributed by atoms with Crippen molar-refractivity contribution < 1.29 is 59.9 Å². The number of aryl methyl sites for hydroxylation is 3. The second-order valence-electron chi connectivity index (χ2n) is 7.44. The van der Waals surface area contributed by atoms with Gasteiger partial charge in [-0.3, -0.25) is 9.13 Å². The Morgan fingerprint density at radius 1 is 0.649 bits per heavy atom. The predicted molar refractivity (Wildman–Crippen MR) is 157 cm³/mol. The van der Waals surface area contributed by atoms with Crippen LogP contribution < -0.4 is 0 Å². The van der Waals surface area contributed by atoms with E-state index in [1.807, 2.05) is 58.9 Å². The Kier molecular flexibility index (Phi) is 25.9. The largest absolute Gasteiger partial charge is 0.340 e. The van der Waals surface area contributed by atoms with Crippen molar-refractivity contribution in [3.63, 3.8) is 0 Å². The van der Waals surface area contributed by atoms with Gasteiger partial charge in [0.05, 0.1) is 32.6 Å². The molecule has 0 spiro atoms. The van der Waals surface area contributed by atoms with Gasteiger partial charge in [-0.05, 0) is 65.7 Å². The maximum absolute atomic E-state index is 12.2. The monoisotopic (exact) mass is 651 g/mol. The summed E-state index contributed by atoms with van der Waals surface area (Å²) >= 11 is 1.50.